The molecule has 264 valence electrons. The van der Waals surface area contributed by atoms with Gasteiger partial charge in [0.1, 0.15) is 20.2 Å². The highest BCUT2D eigenvalue weighted by molar-refractivity contribution is 7.86. The SMILES string of the molecule is C(=C\[n+]1ccccc1)/c1ccccc1.C(=C\[n+]1ccccc1)/c1ccccc1.Nc1ccc(/C=C/c2ccc(N)cc2S(=O)(=O)[O-])c(S(=O)(=O)[O-])c1. The molecule has 0 bridgehead atoms. The van der Waals surface area contributed by atoms with Gasteiger partial charge in [0.05, 0.1) is 9.79 Å². The summed E-state index contributed by atoms with van der Waals surface area (Å²) in [4.78, 5) is -1.11. The van der Waals surface area contributed by atoms with Crippen molar-refractivity contribution < 1.29 is 35.1 Å². The molecule has 0 amide bonds. The first kappa shape index (κ1) is 38.6. The molecule has 52 heavy (non-hydrogen) atoms. The molecular formula is C40H36N4O6S2. The van der Waals surface area contributed by atoms with E-state index in [4.69, 9.17) is 11.5 Å². The zero-order valence-electron chi connectivity index (χ0n) is 27.8. The molecule has 10 nitrogen and oxygen atoms in total. The third kappa shape index (κ3) is 12.9. The third-order valence-electron chi connectivity index (χ3n) is 7.01. The standard InChI is InChI=1S/C14H14N2O6S2.2C13H12N/c15-11-5-3-9(13(7-11)23(17,18)19)1-2-10-4-6-12(16)8-14(10)24(20,21)22;2*1-3-7-13(8-4-1)9-12-14-10-5-2-6-11-14/h1-8H,15-16H2,(H,17,18,19)(H,20,21,22);2*1-12H/q;2*+1/p-2/b2-1+;2*12-9+. The maximum atomic E-state index is 11.3. The van der Waals surface area contributed by atoms with Crippen LogP contribution in [0.15, 0.2) is 168 Å². The summed E-state index contributed by atoms with van der Waals surface area (Å²) in [6.07, 6.45) is 18.7. The van der Waals surface area contributed by atoms with E-state index in [0.717, 1.165) is 12.1 Å². The number of nitrogens with zero attached hydrogens (tertiary/aromatic N) is 2. The van der Waals surface area contributed by atoms with Crippen LogP contribution in [0.4, 0.5) is 11.4 Å². The lowest BCUT2D eigenvalue weighted by atomic mass is 10.1. The van der Waals surface area contributed by atoms with Gasteiger partial charge in [-0.15, -0.1) is 0 Å². The number of anilines is 2. The van der Waals surface area contributed by atoms with Crippen molar-refractivity contribution in [1.29, 1.82) is 0 Å². The Labute approximate surface area is 304 Å². The van der Waals surface area contributed by atoms with Gasteiger partial charge in [0.2, 0.25) is 0 Å². The van der Waals surface area contributed by atoms with E-state index in [2.05, 4.69) is 36.4 Å². The Hall–Kier alpha value is -6.18. The average molecular weight is 733 g/mol. The number of nitrogens with two attached hydrogens (primary N) is 2. The van der Waals surface area contributed by atoms with Crippen LogP contribution in [0, 0.1) is 0 Å². The molecule has 0 saturated heterocycles. The number of hydrogen-bond acceptors (Lipinski definition) is 8. The summed E-state index contributed by atoms with van der Waals surface area (Å²) in [7, 11) is -9.57. The Morgan fingerprint density at radius 2 is 0.769 bits per heavy atom. The first-order valence-corrected chi connectivity index (χ1v) is 18.5. The number of nitrogen functional groups attached to an aromatic ring is 2. The van der Waals surface area contributed by atoms with E-state index in [0.29, 0.717) is 0 Å². The Balaban J connectivity index is 0.000000185. The predicted molar refractivity (Wildman–Crippen MR) is 203 cm³/mol. The normalized spacial score (nSPS) is 11.5. The first-order valence-electron chi connectivity index (χ1n) is 15.7. The molecule has 0 atom stereocenters. The molecule has 2 aromatic heterocycles. The van der Waals surface area contributed by atoms with E-state index in [1.54, 1.807) is 0 Å². The Kier molecular flexibility index (Phi) is 13.9. The van der Waals surface area contributed by atoms with Gasteiger partial charge in [-0.2, -0.15) is 9.13 Å². The minimum atomic E-state index is -4.79. The highest BCUT2D eigenvalue weighted by Crippen LogP contribution is 2.24. The smallest absolute Gasteiger partial charge is 0.175 e. The molecule has 0 aliphatic rings. The number of pyridine rings is 2. The largest absolute Gasteiger partial charge is 0.744 e. The minimum absolute atomic E-state index is 0.00488. The Bertz CT molecular complexity index is 2100. The molecule has 2 heterocycles. The van der Waals surface area contributed by atoms with Gasteiger partial charge in [-0.25, -0.2) is 16.8 Å². The van der Waals surface area contributed by atoms with Gasteiger partial charge in [0.15, 0.2) is 37.2 Å². The maximum Gasteiger partial charge on any atom is 0.175 e. The Morgan fingerprint density at radius 1 is 0.442 bits per heavy atom. The van der Waals surface area contributed by atoms with Crippen molar-refractivity contribution >= 4 is 68.3 Å². The summed E-state index contributed by atoms with van der Waals surface area (Å²) in [6, 6.07) is 39.9. The predicted octanol–water partition coefficient (Wildman–Crippen LogP) is 6.03. The van der Waals surface area contributed by atoms with E-state index < -0.39 is 30.0 Å². The second-order valence-electron chi connectivity index (χ2n) is 10.9. The van der Waals surface area contributed by atoms with Gasteiger partial charge in [0.25, 0.3) is 0 Å². The van der Waals surface area contributed by atoms with Gasteiger partial charge in [-0.1, -0.05) is 97.1 Å². The van der Waals surface area contributed by atoms with Crippen LogP contribution in [0.5, 0.6) is 0 Å². The molecule has 0 saturated carbocycles. The van der Waals surface area contributed by atoms with Crippen LogP contribution in [-0.2, 0) is 20.2 Å². The molecule has 12 heteroatoms. The molecule has 0 spiro atoms. The molecule has 4 N–H and O–H groups in total. The van der Waals surface area contributed by atoms with Gasteiger partial charge < -0.3 is 20.6 Å². The van der Waals surface area contributed by atoms with Gasteiger partial charge in [-0.05, 0) is 46.5 Å². The molecule has 6 aromatic rings. The van der Waals surface area contributed by atoms with E-state index >= 15 is 0 Å². The van der Waals surface area contributed by atoms with Gasteiger partial charge >= 0.3 is 0 Å². The monoisotopic (exact) mass is 732 g/mol. The topological polar surface area (TPSA) is 174 Å². The summed E-state index contributed by atoms with van der Waals surface area (Å²) in [5.74, 6) is 0. The van der Waals surface area contributed by atoms with Crippen molar-refractivity contribution in [2.24, 2.45) is 0 Å². The summed E-state index contributed by atoms with van der Waals surface area (Å²) in [5, 5.41) is 0. The van der Waals surface area contributed by atoms with Crippen LogP contribution in [0.1, 0.15) is 22.3 Å². The van der Waals surface area contributed by atoms with Gasteiger partial charge in [0, 0.05) is 47.8 Å². The highest BCUT2D eigenvalue weighted by Gasteiger charge is 2.10. The van der Waals surface area contributed by atoms with Crippen LogP contribution < -0.4 is 20.6 Å². The molecule has 0 radical (unpaired) electrons. The summed E-state index contributed by atoms with van der Waals surface area (Å²) >= 11 is 0. The molecular weight excluding hydrogens is 697 g/mol. The fourth-order valence-corrected chi connectivity index (χ4v) is 5.90. The second kappa shape index (κ2) is 18.7. The van der Waals surface area contributed by atoms with E-state index in [1.165, 1.54) is 47.5 Å². The number of rotatable bonds is 8. The Morgan fingerprint density at radius 3 is 1.10 bits per heavy atom. The van der Waals surface area contributed by atoms with Crippen LogP contribution >= 0.6 is 0 Å². The lowest BCUT2D eigenvalue weighted by Gasteiger charge is -2.13. The molecule has 0 unspecified atom stereocenters. The van der Waals surface area contributed by atoms with E-state index in [-0.39, 0.29) is 22.5 Å². The number of hydrogen-bond donors (Lipinski definition) is 2. The summed E-state index contributed by atoms with van der Waals surface area (Å²) in [5.41, 5.74) is 13.5. The zero-order chi connectivity index (χ0) is 37.4. The zero-order valence-corrected chi connectivity index (χ0v) is 29.4. The maximum absolute atomic E-state index is 11.3. The fraction of sp³-hybridized carbons (Fsp3) is 0. The molecule has 4 aromatic carbocycles. The van der Waals surface area contributed by atoms with Crippen molar-refractivity contribution in [1.82, 2.24) is 0 Å². The number of aromatic nitrogens is 2. The molecule has 0 aliphatic heterocycles. The van der Waals surface area contributed by atoms with E-state index in [9.17, 15) is 25.9 Å². The van der Waals surface area contributed by atoms with Crippen molar-refractivity contribution in [3.8, 4) is 0 Å². The lowest BCUT2D eigenvalue weighted by molar-refractivity contribution is -0.567. The molecule has 0 aliphatic carbocycles. The number of benzene rings is 4. The lowest BCUT2D eigenvalue weighted by Crippen LogP contribution is -2.23. The van der Waals surface area contributed by atoms with Crippen LogP contribution in [0.3, 0.4) is 0 Å². The van der Waals surface area contributed by atoms with Crippen molar-refractivity contribution in [2.45, 2.75) is 9.79 Å². The van der Waals surface area contributed by atoms with Crippen molar-refractivity contribution in [2.75, 3.05) is 11.5 Å². The summed E-state index contributed by atoms with van der Waals surface area (Å²) in [6.45, 7) is 0. The van der Waals surface area contributed by atoms with Crippen LogP contribution in [-0.4, -0.2) is 25.9 Å². The minimum Gasteiger partial charge on any atom is -0.744 e. The van der Waals surface area contributed by atoms with Crippen LogP contribution in [0.2, 0.25) is 0 Å². The second-order valence-corrected chi connectivity index (χ2v) is 13.6. The summed E-state index contributed by atoms with van der Waals surface area (Å²) < 4.78 is 71.7. The fourth-order valence-electron chi connectivity index (χ4n) is 4.49. The molecule has 6 rings (SSSR count). The van der Waals surface area contributed by atoms with Crippen molar-refractivity contribution in [3.05, 3.63) is 181 Å². The quantitative estimate of drug-likeness (QED) is 0.0825. The van der Waals surface area contributed by atoms with Gasteiger partial charge in [-0.3, -0.25) is 0 Å². The van der Waals surface area contributed by atoms with E-state index in [1.807, 2.05) is 119 Å². The highest BCUT2D eigenvalue weighted by atomic mass is 32.2. The van der Waals surface area contributed by atoms with Crippen LogP contribution in [0.25, 0.3) is 36.7 Å². The van der Waals surface area contributed by atoms with Crippen molar-refractivity contribution in [3.63, 3.8) is 0 Å². The third-order valence-corrected chi connectivity index (χ3v) is 8.80. The average Bonchev–Trinajstić information content (AvgIpc) is 3.14. The molecule has 0 fully saturated rings. The first-order chi connectivity index (χ1) is 24.9.